The predicted molar refractivity (Wildman–Crippen MR) is 72.4 cm³/mol. The van der Waals surface area contributed by atoms with Crippen molar-refractivity contribution in [1.29, 1.82) is 0 Å². The molecule has 1 aliphatic carbocycles. The van der Waals surface area contributed by atoms with E-state index in [4.69, 9.17) is 4.74 Å². The lowest BCUT2D eigenvalue weighted by Gasteiger charge is -2.06. The van der Waals surface area contributed by atoms with Crippen LogP contribution in [-0.4, -0.2) is 29.0 Å². The van der Waals surface area contributed by atoms with E-state index in [1.165, 1.54) is 12.8 Å². The van der Waals surface area contributed by atoms with E-state index in [1.54, 1.807) is 0 Å². The Bertz CT molecular complexity index is 345. The highest BCUT2D eigenvalue weighted by molar-refractivity contribution is 4.99. The summed E-state index contributed by atoms with van der Waals surface area (Å²) in [5.74, 6) is 0.717. The maximum atomic E-state index is 5.59. The first-order valence-electron chi connectivity index (χ1n) is 7.07. The molecule has 0 bridgehead atoms. The molecule has 2 rings (SSSR count). The number of hydrogen-bond acceptors (Lipinski definition) is 3. The Labute approximate surface area is 110 Å². The molecule has 4 nitrogen and oxygen atoms in total. The van der Waals surface area contributed by atoms with Crippen LogP contribution < -0.4 is 5.32 Å². The van der Waals surface area contributed by atoms with E-state index in [0.29, 0.717) is 0 Å². The summed E-state index contributed by atoms with van der Waals surface area (Å²) in [7, 11) is 0. The Morgan fingerprint density at radius 2 is 2.28 bits per heavy atom. The zero-order chi connectivity index (χ0) is 12.8. The molecule has 0 aliphatic heterocycles. The van der Waals surface area contributed by atoms with Gasteiger partial charge in [-0.2, -0.15) is 5.10 Å². The van der Waals surface area contributed by atoms with Crippen molar-refractivity contribution in [3.05, 3.63) is 18.0 Å². The molecule has 0 unspecified atom stereocenters. The van der Waals surface area contributed by atoms with Crippen LogP contribution in [0, 0.1) is 5.92 Å². The molecule has 1 aliphatic rings. The van der Waals surface area contributed by atoms with E-state index < -0.39 is 0 Å². The fourth-order valence-electron chi connectivity index (χ4n) is 1.74. The Hall–Kier alpha value is -0.870. The maximum absolute atomic E-state index is 5.59. The average molecular weight is 251 g/mol. The largest absolute Gasteiger partial charge is 0.380 e. The second kappa shape index (κ2) is 6.90. The number of ether oxygens (including phenoxy) is 1. The van der Waals surface area contributed by atoms with Gasteiger partial charge in [-0.05, 0) is 31.2 Å². The summed E-state index contributed by atoms with van der Waals surface area (Å²) < 4.78 is 7.56. The van der Waals surface area contributed by atoms with Crippen LogP contribution in [0.2, 0.25) is 0 Å². The Morgan fingerprint density at radius 3 is 3.00 bits per heavy atom. The van der Waals surface area contributed by atoms with Crippen LogP contribution >= 0.6 is 0 Å². The highest BCUT2D eigenvalue weighted by Gasteiger charge is 2.20. The van der Waals surface area contributed by atoms with Crippen LogP contribution in [0.15, 0.2) is 12.3 Å². The molecule has 1 saturated carbocycles. The SMILES string of the molecule is CC(C)CCOCCn1ccc(CNC2CC2)n1. The van der Waals surface area contributed by atoms with Crippen molar-refractivity contribution >= 4 is 0 Å². The van der Waals surface area contributed by atoms with E-state index in [-0.39, 0.29) is 0 Å². The standard InChI is InChI=1S/C14H25N3O/c1-12(2)6-9-18-10-8-17-7-5-14(16-17)11-15-13-3-4-13/h5,7,12-13,15H,3-4,6,8-11H2,1-2H3. The van der Waals surface area contributed by atoms with Gasteiger partial charge in [0.2, 0.25) is 0 Å². The number of rotatable bonds is 9. The van der Waals surface area contributed by atoms with E-state index in [0.717, 1.165) is 50.4 Å². The molecule has 102 valence electrons. The molecular weight excluding hydrogens is 226 g/mol. The van der Waals surface area contributed by atoms with Gasteiger partial charge in [-0.15, -0.1) is 0 Å². The molecule has 1 aromatic rings. The number of nitrogens with one attached hydrogen (secondary N) is 1. The number of hydrogen-bond donors (Lipinski definition) is 1. The molecule has 0 amide bonds. The van der Waals surface area contributed by atoms with Crippen molar-refractivity contribution < 1.29 is 4.74 Å². The predicted octanol–water partition coefficient (Wildman–Crippen LogP) is 2.20. The van der Waals surface area contributed by atoms with Gasteiger partial charge in [0.25, 0.3) is 0 Å². The smallest absolute Gasteiger partial charge is 0.0762 e. The van der Waals surface area contributed by atoms with Crippen LogP contribution in [0.4, 0.5) is 0 Å². The van der Waals surface area contributed by atoms with Crippen LogP contribution in [0.3, 0.4) is 0 Å². The zero-order valence-corrected chi connectivity index (χ0v) is 11.6. The summed E-state index contributed by atoms with van der Waals surface area (Å²) in [5.41, 5.74) is 1.13. The zero-order valence-electron chi connectivity index (χ0n) is 11.6. The third kappa shape index (κ3) is 5.19. The van der Waals surface area contributed by atoms with Crippen molar-refractivity contribution in [2.75, 3.05) is 13.2 Å². The monoisotopic (exact) mass is 251 g/mol. The molecule has 1 N–H and O–H groups in total. The van der Waals surface area contributed by atoms with Crippen LogP contribution in [0.25, 0.3) is 0 Å². The van der Waals surface area contributed by atoms with Crippen molar-refractivity contribution in [1.82, 2.24) is 15.1 Å². The fourth-order valence-corrected chi connectivity index (χ4v) is 1.74. The van der Waals surface area contributed by atoms with Gasteiger partial charge in [-0.1, -0.05) is 13.8 Å². The van der Waals surface area contributed by atoms with Gasteiger partial charge < -0.3 is 10.1 Å². The van der Waals surface area contributed by atoms with Gasteiger partial charge in [0.1, 0.15) is 0 Å². The number of nitrogens with zero attached hydrogens (tertiary/aromatic N) is 2. The summed E-state index contributed by atoms with van der Waals surface area (Å²) in [6.45, 7) is 7.79. The minimum atomic E-state index is 0.717. The molecule has 4 heteroatoms. The van der Waals surface area contributed by atoms with Crippen molar-refractivity contribution in [3.63, 3.8) is 0 Å². The van der Waals surface area contributed by atoms with E-state index in [2.05, 4.69) is 30.3 Å². The van der Waals surface area contributed by atoms with Gasteiger partial charge in [0.15, 0.2) is 0 Å². The molecule has 0 saturated heterocycles. The van der Waals surface area contributed by atoms with Crippen molar-refractivity contribution in [2.45, 2.75) is 52.2 Å². The van der Waals surface area contributed by atoms with Crippen molar-refractivity contribution in [2.24, 2.45) is 5.92 Å². The second-order valence-corrected chi connectivity index (χ2v) is 5.52. The minimum absolute atomic E-state index is 0.717. The number of aromatic nitrogens is 2. The Balaban J connectivity index is 1.57. The molecule has 18 heavy (non-hydrogen) atoms. The van der Waals surface area contributed by atoms with Gasteiger partial charge in [-0.25, -0.2) is 0 Å². The molecule has 1 fully saturated rings. The summed E-state index contributed by atoms with van der Waals surface area (Å²) >= 11 is 0. The summed E-state index contributed by atoms with van der Waals surface area (Å²) in [6.07, 6.45) is 5.82. The van der Waals surface area contributed by atoms with Crippen molar-refractivity contribution in [3.8, 4) is 0 Å². The van der Waals surface area contributed by atoms with E-state index in [9.17, 15) is 0 Å². The van der Waals surface area contributed by atoms with Crippen LogP contribution in [-0.2, 0) is 17.8 Å². The quantitative estimate of drug-likeness (QED) is 0.684. The fraction of sp³-hybridized carbons (Fsp3) is 0.786. The molecule has 1 aromatic heterocycles. The Morgan fingerprint density at radius 1 is 1.44 bits per heavy atom. The Kier molecular flexibility index (Phi) is 5.20. The lowest BCUT2D eigenvalue weighted by Crippen LogP contribution is -2.16. The highest BCUT2D eigenvalue weighted by atomic mass is 16.5. The lowest BCUT2D eigenvalue weighted by molar-refractivity contribution is 0.114. The van der Waals surface area contributed by atoms with Crippen LogP contribution in [0.1, 0.15) is 38.8 Å². The molecule has 0 aromatic carbocycles. The topological polar surface area (TPSA) is 39.1 Å². The maximum Gasteiger partial charge on any atom is 0.0762 e. The van der Waals surface area contributed by atoms with E-state index in [1.807, 2.05) is 10.9 Å². The molecular formula is C14H25N3O. The van der Waals surface area contributed by atoms with Gasteiger partial charge in [0, 0.05) is 25.4 Å². The highest BCUT2D eigenvalue weighted by Crippen LogP contribution is 2.18. The second-order valence-electron chi connectivity index (χ2n) is 5.52. The first-order valence-corrected chi connectivity index (χ1v) is 7.07. The first-order chi connectivity index (χ1) is 8.74. The van der Waals surface area contributed by atoms with Gasteiger partial charge in [-0.3, -0.25) is 4.68 Å². The average Bonchev–Trinajstić information content (AvgIpc) is 3.06. The third-order valence-corrected chi connectivity index (χ3v) is 3.15. The lowest BCUT2D eigenvalue weighted by atomic mass is 10.1. The first kappa shape index (κ1) is 13.6. The molecule has 0 atom stereocenters. The minimum Gasteiger partial charge on any atom is -0.380 e. The third-order valence-electron chi connectivity index (χ3n) is 3.15. The van der Waals surface area contributed by atoms with Crippen LogP contribution in [0.5, 0.6) is 0 Å². The normalized spacial score (nSPS) is 15.5. The summed E-state index contributed by atoms with van der Waals surface area (Å²) in [4.78, 5) is 0. The molecule has 1 heterocycles. The summed E-state index contributed by atoms with van der Waals surface area (Å²) in [6, 6.07) is 2.83. The molecule has 0 spiro atoms. The summed E-state index contributed by atoms with van der Waals surface area (Å²) in [5, 5.41) is 7.98. The van der Waals surface area contributed by atoms with E-state index >= 15 is 0 Å². The molecule has 0 radical (unpaired) electrons. The van der Waals surface area contributed by atoms with Gasteiger partial charge in [0.05, 0.1) is 18.8 Å². The van der Waals surface area contributed by atoms with Gasteiger partial charge >= 0.3 is 0 Å².